The lowest BCUT2D eigenvalue weighted by Gasteiger charge is -2.28. The van der Waals surface area contributed by atoms with Crippen LogP contribution in [0.5, 0.6) is 0 Å². The molecule has 0 aliphatic carbocycles. The van der Waals surface area contributed by atoms with Gasteiger partial charge >= 0.3 is 0 Å². The van der Waals surface area contributed by atoms with Gasteiger partial charge in [0, 0.05) is 42.1 Å². The highest BCUT2D eigenvalue weighted by atomic mass is 35.5. The average Bonchev–Trinajstić information content (AvgIpc) is 2.87. The number of nitrogens with two attached hydrogens (primary N) is 1. The third kappa shape index (κ3) is 16.6. The second kappa shape index (κ2) is 18.3. The molecular weight excluding hydrogens is 542 g/mol. The molecule has 3 amide bonds. The minimum atomic E-state index is -0.943. The lowest BCUT2D eigenvalue weighted by molar-refractivity contribution is -0.128. The first kappa shape index (κ1) is 35.0. The summed E-state index contributed by atoms with van der Waals surface area (Å²) in [6.07, 6.45) is 4.62. The summed E-state index contributed by atoms with van der Waals surface area (Å²) in [7, 11) is 0. The Morgan fingerprint density at radius 1 is 1.05 bits per heavy atom. The van der Waals surface area contributed by atoms with Crippen molar-refractivity contribution in [3.8, 4) is 0 Å². The van der Waals surface area contributed by atoms with Gasteiger partial charge in [-0.25, -0.2) is 5.43 Å². The van der Waals surface area contributed by atoms with Crippen molar-refractivity contribution in [2.45, 2.75) is 83.7 Å². The molecule has 1 rings (SSSR count). The molecule has 0 aliphatic rings. The fourth-order valence-electron chi connectivity index (χ4n) is 3.30. The molecule has 0 heterocycles. The maximum atomic E-state index is 12.7. The standard InChI is InChI=1S/C27H46ClN5O5S/c1-20(8-6-5-7-16-28)37-19-31-33-24(35)14-13-23(34)30-18-27(4,39)38-17-15-26(2,3)25(36)32-22-11-9-21(29)10-12-22/h9-12,20,31,39H,5-8,13-19,29H2,1-4H3,(H,30,34)(H,32,36)(H,33,35). The van der Waals surface area contributed by atoms with Crippen molar-refractivity contribution in [3.63, 3.8) is 0 Å². The topological polar surface area (TPSA) is 144 Å². The number of hydrazine groups is 1. The number of halogens is 1. The summed E-state index contributed by atoms with van der Waals surface area (Å²) in [5.41, 5.74) is 11.5. The molecule has 2 unspecified atom stereocenters. The summed E-state index contributed by atoms with van der Waals surface area (Å²) in [6, 6.07) is 6.94. The van der Waals surface area contributed by atoms with Crippen LogP contribution in [0.25, 0.3) is 0 Å². The number of hydrogen-bond acceptors (Lipinski definition) is 8. The molecule has 10 nitrogen and oxygen atoms in total. The number of unbranched alkanes of at least 4 members (excludes halogenated alkanes) is 2. The van der Waals surface area contributed by atoms with Gasteiger partial charge in [0.1, 0.15) is 11.7 Å². The normalized spacial score (nSPS) is 13.8. The maximum absolute atomic E-state index is 12.7. The van der Waals surface area contributed by atoms with Gasteiger partial charge in [0.15, 0.2) is 0 Å². The van der Waals surface area contributed by atoms with Crippen LogP contribution in [0.1, 0.15) is 72.6 Å². The predicted octanol–water partition coefficient (Wildman–Crippen LogP) is 3.97. The predicted molar refractivity (Wildman–Crippen MR) is 159 cm³/mol. The van der Waals surface area contributed by atoms with E-state index in [4.69, 9.17) is 26.8 Å². The van der Waals surface area contributed by atoms with Crippen molar-refractivity contribution in [3.05, 3.63) is 24.3 Å². The Hall–Kier alpha value is -2.05. The maximum Gasteiger partial charge on any atom is 0.234 e. The van der Waals surface area contributed by atoms with Crippen molar-refractivity contribution in [2.24, 2.45) is 5.41 Å². The zero-order valence-electron chi connectivity index (χ0n) is 23.6. The Morgan fingerprint density at radius 2 is 1.72 bits per heavy atom. The summed E-state index contributed by atoms with van der Waals surface area (Å²) >= 11 is 10.2. The van der Waals surface area contributed by atoms with Gasteiger partial charge < -0.3 is 25.8 Å². The number of hydrogen-bond donors (Lipinski definition) is 6. The lowest BCUT2D eigenvalue weighted by atomic mass is 9.88. The molecule has 0 aromatic heterocycles. The number of nitrogen functional groups attached to an aromatic ring is 1. The number of alkyl halides is 1. The van der Waals surface area contributed by atoms with E-state index in [1.54, 1.807) is 31.2 Å². The minimum Gasteiger partial charge on any atom is -0.399 e. The average molecular weight is 588 g/mol. The van der Waals surface area contributed by atoms with Crippen LogP contribution >= 0.6 is 24.2 Å². The first-order valence-electron chi connectivity index (χ1n) is 13.3. The molecule has 2 atom stereocenters. The Bertz CT molecular complexity index is 886. The number of rotatable bonds is 20. The summed E-state index contributed by atoms with van der Waals surface area (Å²) in [5.74, 6) is -0.0703. The number of ether oxygens (including phenoxy) is 2. The molecular formula is C27H46ClN5O5S. The molecule has 6 N–H and O–H groups in total. The summed E-state index contributed by atoms with van der Waals surface area (Å²) in [5, 5.41) is 5.61. The molecule has 1 aromatic carbocycles. The molecule has 0 spiro atoms. The first-order chi connectivity index (χ1) is 18.3. The third-order valence-corrected chi connectivity index (χ3v) is 6.58. The Morgan fingerprint density at radius 3 is 2.38 bits per heavy atom. The highest BCUT2D eigenvalue weighted by molar-refractivity contribution is 7.81. The van der Waals surface area contributed by atoms with Crippen molar-refractivity contribution >= 4 is 53.3 Å². The van der Waals surface area contributed by atoms with E-state index < -0.39 is 10.3 Å². The van der Waals surface area contributed by atoms with Gasteiger partial charge in [-0.3, -0.25) is 19.8 Å². The molecule has 0 saturated heterocycles. The van der Waals surface area contributed by atoms with Gasteiger partial charge in [0.25, 0.3) is 0 Å². The van der Waals surface area contributed by atoms with Gasteiger partial charge in [-0.05, 0) is 57.4 Å². The van der Waals surface area contributed by atoms with E-state index >= 15 is 0 Å². The van der Waals surface area contributed by atoms with Crippen LogP contribution in [0.4, 0.5) is 11.4 Å². The van der Waals surface area contributed by atoms with E-state index in [1.165, 1.54) is 0 Å². The van der Waals surface area contributed by atoms with Crippen LogP contribution in [0.15, 0.2) is 24.3 Å². The molecule has 0 aliphatic heterocycles. The number of nitrogens with one attached hydrogen (secondary N) is 4. The van der Waals surface area contributed by atoms with Crippen LogP contribution in [-0.4, -0.2) is 54.5 Å². The van der Waals surface area contributed by atoms with Gasteiger partial charge in [-0.2, -0.15) is 0 Å². The monoisotopic (exact) mass is 587 g/mol. The summed E-state index contributed by atoms with van der Waals surface area (Å²) < 4.78 is 11.4. The van der Waals surface area contributed by atoms with Crippen molar-refractivity contribution in [1.29, 1.82) is 0 Å². The van der Waals surface area contributed by atoms with Crippen LogP contribution in [0, 0.1) is 5.41 Å². The van der Waals surface area contributed by atoms with E-state index in [0.717, 1.165) is 25.7 Å². The fraction of sp³-hybridized carbons (Fsp3) is 0.667. The Balaban J connectivity index is 2.21. The van der Waals surface area contributed by atoms with E-state index in [0.29, 0.717) is 23.7 Å². The van der Waals surface area contributed by atoms with Gasteiger partial charge in [0.05, 0.1) is 12.6 Å². The largest absolute Gasteiger partial charge is 0.399 e. The summed E-state index contributed by atoms with van der Waals surface area (Å²) in [6.45, 7) is 7.96. The van der Waals surface area contributed by atoms with E-state index in [2.05, 4.69) is 34.1 Å². The molecule has 0 fully saturated rings. The first-order valence-corrected chi connectivity index (χ1v) is 14.3. The summed E-state index contributed by atoms with van der Waals surface area (Å²) in [4.78, 5) is 35.9. The van der Waals surface area contributed by atoms with Crippen LogP contribution in [-0.2, 0) is 23.9 Å². The second-order valence-electron chi connectivity index (χ2n) is 10.4. The molecule has 0 bridgehead atoms. The van der Waals surface area contributed by atoms with Gasteiger partial charge in [0.2, 0.25) is 17.7 Å². The van der Waals surface area contributed by atoms with Crippen molar-refractivity contribution < 1.29 is 23.9 Å². The number of thiol groups is 1. The van der Waals surface area contributed by atoms with Gasteiger partial charge in [-0.1, -0.05) is 26.7 Å². The SMILES string of the molecule is CC(CCCCCCl)OCNNC(=O)CCC(=O)NCC(C)(S)OCCC(C)(C)C(=O)Nc1ccc(N)cc1. The number of carbonyl (C=O) groups excluding carboxylic acids is 3. The van der Waals surface area contributed by atoms with E-state index in [9.17, 15) is 14.4 Å². The fourth-order valence-corrected chi connectivity index (χ4v) is 3.66. The number of benzene rings is 1. The molecule has 0 radical (unpaired) electrons. The molecule has 12 heteroatoms. The molecule has 222 valence electrons. The second-order valence-corrected chi connectivity index (χ2v) is 11.7. The van der Waals surface area contributed by atoms with Gasteiger partial charge in [-0.15, -0.1) is 24.2 Å². The number of carbonyl (C=O) groups is 3. The van der Waals surface area contributed by atoms with E-state index in [1.807, 2.05) is 20.8 Å². The van der Waals surface area contributed by atoms with Crippen molar-refractivity contribution in [1.82, 2.24) is 16.2 Å². The Kier molecular flexibility index (Phi) is 16.4. The van der Waals surface area contributed by atoms with Crippen LogP contribution in [0.2, 0.25) is 0 Å². The molecule has 1 aromatic rings. The zero-order chi connectivity index (χ0) is 29.3. The molecule has 0 saturated carbocycles. The highest BCUT2D eigenvalue weighted by Gasteiger charge is 2.29. The smallest absolute Gasteiger partial charge is 0.234 e. The quantitative estimate of drug-likeness (QED) is 0.0338. The number of amides is 3. The third-order valence-electron chi connectivity index (χ3n) is 6.03. The highest BCUT2D eigenvalue weighted by Crippen LogP contribution is 2.25. The Labute approximate surface area is 243 Å². The van der Waals surface area contributed by atoms with E-state index in [-0.39, 0.29) is 56.5 Å². The van der Waals surface area contributed by atoms with Crippen LogP contribution in [0.3, 0.4) is 0 Å². The molecule has 39 heavy (non-hydrogen) atoms. The van der Waals surface area contributed by atoms with Crippen molar-refractivity contribution in [2.75, 3.05) is 36.8 Å². The minimum absolute atomic E-state index is 0.0214. The lowest BCUT2D eigenvalue weighted by Crippen LogP contribution is -2.41. The van der Waals surface area contributed by atoms with Crippen LogP contribution < -0.4 is 27.2 Å². The number of anilines is 2. The zero-order valence-corrected chi connectivity index (χ0v) is 25.3.